The summed E-state index contributed by atoms with van der Waals surface area (Å²) in [5, 5.41) is 6.70. The summed E-state index contributed by atoms with van der Waals surface area (Å²) in [6.45, 7) is 3.05. The summed E-state index contributed by atoms with van der Waals surface area (Å²) >= 11 is 6.14. The number of carbonyl (C=O) groups excluding carboxylic acids is 2. The van der Waals surface area contributed by atoms with Crippen LogP contribution in [0.15, 0.2) is 48.5 Å². The zero-order valence-corrected chi connectivity index (χ0v) is 17.0. The SMILES string of the molecule is Cc1ccccc1CNC(=O)C1CCC(C(=O)NCc2ccccc2Cl)CC1. The zero-order chi connectivity index (χ0) is 19.9. The van der Waals surface area contributed by atoms with Crippen LogP contribution in [0.2, 0.25) is 5.02 Å². The first-order valence-electron chi connectivity index (χ1n) is 9.88. The lowest BCUT2D eigenvalue weighted by Crippen LogP contribution is -2.37. The highest BCUT2D eigenvalue weighted by molar-refractivity contribution is 6.31. The summed E-state index contributed by atoms with van der Waals surface area (Å²) in [4.78, 5) is 24.9. The topological polar surface area (TPSA) is 58.2 Å². The maximum atomic E-state index is 12.5. The van der Waals surface area contributed by atoms with Gasteiger partial charge in [0.25, 0.3) is 0 Å². The van der Waals surface area contributed by atoms with E-state index in [2.05, 4.69) is 10.6 Å². The Balaban J connectivity index is 1.42. The van der Waals surface area contributed by atoms with Crippen LogP contribution in [0.1, 0.15) is 42.4 Å². The Morgan fingerprint density at radius 3 is 1.82 bits per heavy atom. The van der Waals surface area contributed by atoms with Gasteiger partial charge in [-0.05, 0) is 55.4 Å². The molecule has 2 amide bonds. The lowest BCUT2D eigenvalue weighted by molar-refractivity contribution is -0.130. The van der Waals surface area contributed by atoms with E-state index in [0.29, 0.717) is 18.1 Å². The van der Waals surface area contributed by atoms with E-state index >= 15 is 0 Å². The van der Waals surface area contributed by atoms with Crippen molar-refractivity contribution < 1.29 is 9.59 Å². The smallest absolute Gasteiger partial charge is 0.223 e. The minimum absolute atomic E-state index is 0.00311. The highest BCUT2D eigenvalue weighted by Crippen LogP contribution is 2.29. The van der Waals surface area contributed by atoms with Crippen molar-refractivity contribution in [1.29, 1.82) is 0 Å². The second-order valence-corrected chi connectivity index (χ2v) is 7.91. The molecule has 1 fully saturated rings. The molecule has 0 heterocycles. The van der Waals surface area contributed by atoms with Gasteiger partial charge in [-0.1, -0.05) is 54.1 Å². The molecule has 5 heteroatoms. The van der Waals surface area contributed by atoms with Crippen LogP contribution in [0.25, 0.3) is 0 Å². The molecule has 0 aliphatic heterocycles. The van der Waals surface area contributed by atoms with Gasteiger partial charge in [0.1, 0.15) is 0 Å². The standard InChI is InChI=1S/C23H27ClN2O2/c1-16-6-2-3-7-19(16)14-25-22(27)17-10-12-18(13-11-17)23(28)26-15-20-8-4-5-9-21(20)24/h2-9,17-18H,10-15H2,1H3,(H,25,27)(H,26,28). The van der Waals surface area contributed by atoms with E-state index in [9.17, 15) is 9.59 Å². The van der Waals surface area contributed by atoms with Crippen molar-refractivity contribution in [2.75, 3.05) is 0 Å². The predicted octanol–water partition coefficient (Wildman–Crippen LogP) is 4.39. The molecule has 0 atom stereocenters. The molecule has 2 N–H and O–H groups in total. The highest BCUT2D eigenvalue weighted by atomic mass is 35.5. The number of hydrogen-bond donors (Lipinski definition) is 2. The van der Waals surface area contributed by atoms with Crippen LogP contribution in [0.4, 0.5) is 0 Å². The molecule has 0 radical (unpaired) electrons. The van der Waals surface area contributed by atoms with Gasteiger partial charge < -0.3 is 10.6 Å². The first-order chi connectivity index (χ1) is 13.5. The maximum Gasteiger partial charge on any atom is 0.223 e. The second kappa shape index (κ2) is 9.74. The lowest BCUT2D eigenvalue weighted by Gasteiger charge is -2.27. The van der Waals surface area contributed by atoms with Gasteiger partial charge in [0.2, 0.25) is 11.8 Å². The Kier molecular flexibility index (Phi) is 7.10. The van der Waals surface area contributed by atoms with Crippen LogP contribution in [-0.2, 0) is 22.7 Å². The summed E-state index contributed by atoms with van der Waals surface area (Å²) in [7, 11) is 0. The number of halogens is 1. The lowest BCUT2D eigenvalue weighted by atomic mass is 9.81. The van der Waals surface area contributed by atoms with Crippen LogP contribution >= 0.6 is 11.6 Å². The number of amides is 2. The predicted molar refractivity (Wildman–Crippen MR) is 112 cm³/mol. The van der Waals surface area contributed by atoms with Crippen molar-refractivity contribution in [2.24, 2.45) is 11.8 Å². The number of benzene rings is 2. The maximum absolute atomic E-state index is 12.5. The Bertz CT molecular complexity index is 759. The Morgan fingerprint density at radius 2 is 1.29 bits per heavy atom. The molecule has 4 nitrogen and oxygen atoms in total. The van der Waals surface area contributed by atoms with Gasteiger partial charge in [-0.25, -0.2) is 0 Å². The van der Waals surface area contributed by atoms with Crippen molar-refractivity contribution in [2.45, 2.75) is 45.7 Å². The minimum atomic E-state index is -0.0251. The van der Waals surface area contributed by atoms with E-state index in [0.717, 1.165) is 36.8 Å². The van der Waals surface area contributed by atoms with Crippen molar-refractivity contribution in [3.63, 3.8) is 0 Å². The number of aryl methyl sites for hydroxylation is 1. The summed E-state index contributed by atoms with van der Waals surface area (Å²) in [5.74, 6) is 0.122. The largest absolute Gasteiger partial charge is 0.352 e. The van der Waals surface area contributed by atoms with Crippen molar-refractivity contribution in [1.82, 2.24) is 10.6 Å². The number of nitrogens with one attached hydrogen (secondary N) is 2. The van der Waals surface area contributed by atoms with Crippen LogP contribution < -0.4 is 10.6 Å². The van der Waals surface area contributed by atoms with Crippen LogP contribution in [0.5, 0.6) is 0 Å². The first-order valence-corrected chi connectivity index (χ1v) is 10.3. The van der Waals surface area contributed by atoms with E-state index in [1.165, 1.54) is 5.56 Å². The molecule has 2 aromatic rings. The van der Waals surface area contributed by atoms with Crippen molar-refractivity contribution >= 4 is 23.4 Å². The van der Waals surface area contributed by atoms with E-state index in [-0.39, 0.29) is 23.7 Å². The van der Waals surface area contributed by atoms with Gasteiger partial charge in [-0.15, -0.1) is 0 Å². The molecule has 0 bridgehead atoms. The summed E-state index contributed by atoms with van der Waals surface area (Å²) in [5.41, 5.74) is 3.24. The van der Waals surface area contributed by atoms with Crippen LogP contribution in [0, 0.1) is 18.8 Å². The minimum Gasteiger partial charge on any atom is -0.352 e. The van der Waals surface area contributed by atoms with Gasteiger partial charge >= 0.3 is 0 Å². The third kappa shape index (κ3) is 5.35. The van der Waals surface area contributed by atoms with E-state index in [4.69, 9.17) is 11.6 Å². The molecule has 0 aromatic heterocycles. The average Bonchev–Trinajstić information content (AvgIpc) is 2.72. The normalized spacial score (nSPS) is 19.1. The molecule has 28 heavy (non-hydrogen) atoms. The molecule has 1 aliphatic carbocycles. The molecule has 1 saturated carbocycles. The molecule has 0 unspecified atom stereocenters. The number of hydrogen-bond acceptors (Lipinski definition) is 2. The van der Waals surface area contributed by atoms with Crippen LogP contribution in [0.3, 0.4) is 0 Å². The fourth-order valence-electron chi connectivity index (χ4n) is 3.72. The van der Waals surface area contributed by atoms with Gasteiger partial charge in [0.15, 0.2) is 0 Å². The highest BCUT2D eigenvalue weighted by Gasteiger charge is 2.29. The number of carbonyl (C=O) groups is 2. The van der Waals surface area contributed by atoms with Gasteiger partial charge in [0, 0.05) is 29.9 Å². The van der Waals surface area contributed by atoms with Crippen LogP contribution in [-0.4, -0.2) is 11.8 Å². The molecule has 1 aliphatic rings. The monoisotopic (exact) mass is 398 g/mol. The van der Waals surface area contributed by atoms with Gasteiger partial charge in [-0.2, -0.15) is 0 Å². The van der Waals surface area contributed by atoms with Crippen molar-refractivity contribution in [3.8, 4) is 0 Å². The summed E-state index contributed by atoms with van der Waals surface area (Å²) in [6, 6.07) is 15.6. The molecule has 148 valence electrons. The quantitative estimate of drug-likeness (QED) is 0.758. The third-order valence-electron chi connectivity index (χ3n) is 5.59. The van der Waals surface area contributed by atoms with Crippen molar-refractivity contribution in [3.05, 3.63) is 70.2 Å². The van der Waals surface area contributed by atoms with E-state index < -0.39 is 0 Å². The van der Waals surface area contributed by atoms with Gasteiger partial charge in [0.05, 0.1) is 0 Å². The zero-order valence-electron chi connectivity index (χ0n) is 16.2. The second-order valence-electron chi connectivity index (χ2n) is 7.50. The fourth-order valence-corrected chi connectivity index (χ4v) is 3.92. The van der Waals surface area contributed by atoms with E-state index in [1.807, 2.05) is 55.5 Å². The number of rotatable bonds is 6. The van der Waals surface area contributed by atoms with E-state index in [1.54, 1.807) is 0 Å². The molecule has 2 aromatic carbocycles. The molecule has 0 saturated heterocycles. The molecule has 0 spiro atoms. The molecule has 3 rings (SSSR count). The third-order valence-corrected chi connectivity index (χ3v) is 5.96. The molecular formula is C23H27ClN2O2. The first kappa shape index (κ1) is 20.4. The average molecular weight is 399 g/mol. The summed E-state index contributed by atoms with van der Waals surface area (Å²) in [6.07, 6.45) is 3.00. The molecular weight excluding hydrogens is 372 g/mol. The Labute approximate surface area is 171 Å². The Morgan fingerprint density at radius 1 is 0.821 bits per heavy atom. The Hall–Kier alpha value is -2.33. The van der Waals surface area contributed by atoms with Gasteiger partial charge in [-0.3, -0.25) is 9.59 Å². The summed E-state index contributed by atoms with van der Waals surface area (Å²) < 4.78 is 0. The fraction of sp³-hybridized carbons (Fsp3) is 0.391.